The number of nitrogen functional groups attached to an aromatic ring is 1. The fourth-order valence-electron chi connectivity index (χ4n) is 0.786. The van der Waals surface area contributed by atoms with E-state index in [1.54, 1.807) is 0 Å². The second-order valence-electron chi connectivity index (χ2n) is 2.24. The molecule has 1 rings (SSSR count). The van der Waals surface area contributed by atoms with Crippen LogP contribution >= 0.6 is 15.9 Å². The van der Waals surface area contributed by atoms with Crippen LogP contribution in [0.25, 0.3) is 0 Å². The van der Waals surface area contributed by atoms with Gasteiger partial charge in [-0.2, -0.15) is 0 Å². The summed E-state index contributed by atoms with van der Waals surface area (Å²) in [7, 11) is 0. The topological polar surface area (TPSA) is 56.0 Å². The standard InChI is InChI=1S/C7H5BrF2N2O/c8-5-4(2-13)12-1-3(6(5)11)7(9)10/h1-2,7H,(H2,11,12). The van der Waals surface area contributed by atoms with Crippen molar-refractivity contribution < 1.29 is 13.6 Å². The van der Waals surface area contributed by atoms with E-state index in [0.717, 1.165) is 6.20 Å². The summed E-state index contributed by atoms with van der Waals surface area (Å²) in [5.74, 6) is 0. The Morgan fingerprint density at radius 3 is 2.69 bits per heavy atom. The summed E-state index contributed by atoms with van der Waals surface area (Å²) in [6.45, 7) is 0. The molecule has 0 aromatic carbocycles. The van der Waals surface area contributed by atoms with Gasteiger partial charge in [-0.15, -0.1) is 0 Å². The van der Waals surface area contributed by atoms with Crippen LogP contribution in [0.3, 0.4) is 0 Å². The van der Waals surface area contributed by atoms with E-state index < -0.39 is 6.43 Å². The molecule has 0 radical (unpaired) electrons. The van der Waals surface area contributed by atoms with Gasteiger partial charge < -0.3 is 5.73 Å². The van der Waals surface area contributed by atoms with Gasteiger partial charge in [0.1, 0.15) is 5.69 Å². The number of carbonyl (C=O) groups excluding carboxylic acids is 1. The number of carbonyl (C=O) groups is 1. The van der Waals surface area contributed by atoms with Crippen LogP contribution in [0.5, 0.6) is 0 Å². The molecule has 0 atom stereocenters. The molecule has 2 N–H and O–H groups in total. The molecule has 6 heteroatoms. The Balaban J connectivity index is 3.31. The molecule has 1 heterocycles. The summed E-state index contributed by atoms with van der Waals surface area (Å²) >= 11 is 2.91. The summed E-state index contributed by atoms with van der Waals surface area (Å²) in [6.07, 6.45) is -1.35. The fraction of sp³-hybridized carbons (Fsp3) is 0.143. The number of nitrogens with two attached hydrogens (primary N) is 1. The molecule has 0 amide bonds. The molecule has 1 aromatic rings. The highest BCUT2D eigenvalue weighted by Gasteiger charge is 2.16. The first-order chi connectivity index (χ1) is 6.07. The van der Waals surface area contributed by atoms with Gasteiger partial charge in [0.25, 0.3) is 6.43 Å². The zero-order valence-corrected chi connectivity index (χ0v) is 7.88. The maximum absolute atomic E-state index is 12.2. The predicted molar refractivity (Wildman–Crippen MR) is 46.7 cm³/mol. The number of hydrogen-bond donors (Lipinski definition) is 1. The van der Waals surface area contributed by atoms with Crippen LogP contribution in [-0.2, 0) is 0 Å². The number of nitrogens with zero attached hydrogens (tertiary/aromatic N) is 1. The van der Waals surface area contributed by atoms with Crippen LogP contribution in [0, 0.1) is 0 Å². The number of aldehydes is 1. The van der Waals surface area contributed by atoms with E-state index in [0.29, 0.717) is 6.29 Å². The molecule has 0 bridgehead atoms. The minimum absolute atomic E-state index is 0.0156. The summed E-state index contributed by atoms with van der Waals surface area (Å²) in [4.78, 5) is 13.8. The van der Waals surface area contributed by atoms with Gasteiger partial charge in [0.05, 0.1) is 15.7 Å². The normalized spacial score (nSPS) is 10.5. The first kappa shape index (κ1) is 10.0. The highest BCUT2D eigenvalue weighted by atomic mass is 79.9. The third kappa shape index (κ3) is 1.82. The van der Waals surface area contributed by atoms with Gasteiger partial charge in [-0.25, -0.2) is 8.78 Å². The van der Waals surface area contributed by atoms with E-state index in [4.69, 9.17) is 5.73 Å². The third-order valence-corrected chi connectivity index (χ3v) is 2.30. The molecule has 0 aliphatic heterocycles. The van der Waals surface area contributed by atoms with Crippen molar-refractivity contribution in [1.29, 1.82) is 0 Å². The fourth-order valence-corrected chi connectivity index (χ4v) is 1.21. The summed E-state index contributed by atoms with van der Waals surface area (Å²) in [5.41, 5.74) is 4.83. The van der Waals surface area contributed by atoms with Crippen LogP contribution in [0.4, 0.5) is 14.5 Å². The molecule has 0 spiro atoms. The average molecular weight is 251 g/mol. The van der Waals surface area contributed by atoms with Gasteiger partial charge >= 0.3 is 0 Å². The van der Waals surface area contributed by atoms with Gasteiger partial charge in [-0.3, -0.25) is 9.78 Å². The van der Waals surface area contributed by atoms with Crippen LogP contribution in [-0.4, -0.2) is 11.3 Å². The Bertz CT molecular complexity index is 344. The first-order valence-corrected chi connectivity index (χ1v) is 4.04. The minimum atomic E-state index is -2.69. The second-order valence-corrected chi connectivity index (χ2v) is 3.04. The number of halogens is 3. The molecular weight excluding hydrogens is 246 g/mol. The molecule has 70 valence electrons. The maximum Gasteiger partial charge on any atom is 0.267 e. The average Bonchev–Trinajstić information content (AvgIpc) is 2.09. The summed E-state index contributed by atoms with van der Waals surface area (Å²) < 4.78 is 24.5. The molecule has 3 nitrogen and oxygen atoms in total. The van der Waals surface area contributed by atoms with Gasteiger partial charge in [0.15, 0.2) is 6.29 Å². The lowest BCUT2D eigenvalue weighted by Crippen LogP contribution is -2.01. The quantitative estimate of drug-likeness (QED) is 0.819. The van der Waals surface area contributed by atoms with Crippen molar-refractivity contribution in [2.24, 2.45) is 0 Å². The van der Waals surface area contributed by atoms with E-state index in [1.165, 1.54) is 0 Å². The lowest BCUT2D eigenvalue weighted by atomic mass is 10.2. The highest BCUT2D eigenvalue weighted by Crippen LogP contribution is 2.31. The molecular formula is C7H5BrF2N2O. The smallest absolute Gasteiger partial charge is 0.267 e. The van der Waals surface area contributed by atoms with Gasteiger partial charge in [0, 0.05) is 6.20 Å². The molecule has 0 aliphatic rings. The number of rotatable bonds is 2. The SMILES string of the molecule is Nc1c(C(F)F)cnc(C=O)c1Br. The van der Waals surface area contributed by atoms with E-state index in [2.05, 4.69) is 20.9 Å². The largest absolute Gasteiger partial charge is 0.397 e. The van der Waals surface area contributed by atoms with Crippen molar-refractivity contribution in [2.75, 3.05) is 5.73 Å². The molecule has 0 saturated heterocycles. The van der Waals surface area contributed by atoms with E-state index in [-0.39, 0.29) is 21.4 Å². The number of aromatic nitrogens is 1. The Morgan fingerprint density at radius 2 is 2.23 bits per heavy atom. The monoisotopic (exact) mass is 250 g/mol. The number of alkyl halides is 2. The van der Waals surface area contributed by atoms with Crippen molar-refractivity contribution >= 4 is 27.9 Å². The Labute approximate surface area is 81.1 Å². The zero-order chi connectivity index (χ0) is 10.0. The highest BCUT2D eigenvalue weighted by molar-refractivity contribution is 9.10. The summed E-state index contributed by atoms with van der Waals surface area (Å²) in [6, 6.07) is 0. The van der Waals surface area contributed by atoms with Crippen molar-refractivity contribution in [3.05, 3.63) is 21.9 Å². The Kier molecular flexibility index (Phi) is 2.92. The van der Waals surface area contributed by atoms with E-state index in [1.807, 2.05) is 0 Å². The number of pyridine rings is 1. The molecule has 1 aromatic heterocycles. The van der Waals surface area contributed by atoms with Gasteiger partial charge in [-0.05, 0) is 15.9 Å². The van der Waals surface area contributed by atoms with Gasteiger partial charge in [-0.1, -0.05) is 0 Å². The minimum Gasteiger partial charge on any atom is -0.397 e. The van der Waals surface area contributed by atoms with Crippen LogP contribution in [0.15, 0.2) is 10.7 Å². The Hall–Kier alpha value is -1.04. The third-order valence-electron chi connectivity index (χ3n) is 1.46. The van der Waals surface area contributed by atoms with E-state index in [9.17, 15) is 13.6 Å². The van der Waals surface area contributed by atoms with Crippen molar-refractivity contribution in [2.45, 2.75) is 6.43 Å². The first-order valence-electron chi connectivity index (χ1n) is 3.25. The van der Waals surface area contributed by atoms with Crippen molar-refractivity contribution in [3.8, 4) is 0 Å². The van der Waals surface area contributed by atoms with Crippen LogP contribution < -0.4 is 5.73 Å². The molecule has 13 heavy (non-hydrogen) atoms. The number of anilines is 1. The molecule has 0 saturated carbocycles. The molecule has 0 fully saturated rings. The zero-order valence-electron chi connectivity index (χ0n) is 6.30. The maximum atomic E-state index is 12.2. The van der Waals surface area contributed by atoms with Crippen molar-refractivity contribution in [3.63, 3.8) is 0 Å². The lowest BCUT2D eigenvalue weighted by molar-refractivity contribution is 0.111. The van der Waals surface area contributed by atoms with Gasteiger partial charge in [0.2, 0.25) is 0 Å². The van der Waals surface area contributed by atoms with Crippen LogP contribution in [0.1, 0.15) is 22.5 Å². The molecule has 0 unspecified atom stereocenters. The Morgan fingerprint density at radius 1 is 1.62 bits per heavy atom. The number of hydrogen-bond acceptors (Lipinski definition) is 3. The van der Waals surface area contributed by atoms with Crippen molar-refractivity contribution in [1.82, 2.24) is 4.98 Å². The van der Waals surface area contributed by atoms with Crippen LogP contribution in [0.2, 0.25) is 0 Å². The van der Waals surface area contributed by atoms with E-state index >= 15 is 0 Å². The predicted octanol–water partition coefficient (Wildman–Crippen LogP) is 2.18. The lowest BCUT2D eigenvalue weighted by Gasteiger charge is -2.06. The summed E-state index contributed by atoms with van der Waals surface area (Å²) in [5, 5.41) is 0. The second kappa shape index (κ2) is 3.78. The molecule has 0 aliphatic carbocycles.